The second-order valence-corrected chi connectivity index (χ2v) is 8.77. The first kappa shape index (κ1) is 19.5. The van der Waals surface area contributed by atoms with Crippen LogP contribution in [0.15, 0.2) is 30.3 Å². The van der Waals surface area contributed by atoms with Crippen molar-refractivity contribution >= 4 is 28.2 Å². The van der Waals surface area contributed by atoms with E-state index in [1.807, 2.05) is 12.1 Å². The lowest BCUT2D eigenvalue weighted by Gasteiger charge is -2.36. The van der Waals surface area contributed by atoms with Crippen LogP contribution in [0.25, 0.3) is 10.9 Å². The number of nitrogens with zero attached hydrogens (tertiary/aromatic N) is 2. The fourth-order valence-electron chi connectivity index (χ4n) is 4.88. The first-order valence-corrected chi connectivity index (χ1v) is 10.5. The Kier molecular flexibility index (Phi) is 4.28. The topological polar surface area (TPSA) is 86.2 Å². The molecule has 1 aromatic heterocycles. The number of carbonyl (C=O) groups is 2. The normalized spacial score (nSPS) is 17.2. The van der Waals surface area contributed by atoms with Gasteiger partial charge >= 0.3 is 0 Å². The van der Waals surface area contributed by atoms with Crippen molar-refractivity contribution < 1.29 is 14.3 Å². The number of aromatic amines is 1. The van der Waals surface area contributed by atoms with E-state index in [0.29, 0.717) is 48.6 Å². The average molecular weight is 413 g/mol. The molecule has 1 fully saturated rings. The smallest absolute Gasteiger partial charge is 0.195 e. The summed E-state index contributed by atoms with van der Waals surface area (Å²) in [5, 5.41) is 10.1. The highest BCUT2D eigenvalue weighted by Gasteiger charge is 2.41. The molecule has 1 aliphatic heterocycles. The Morgan fingerprint density at radius 1 is 1.19 bits per heavy atom. The van der Waals surface area contributed by atoms with Crippen LogP contribution >= 0.6 is 0 Å². The average Bonchev–Trinajstić information content (AvgIpc) is 3.17. The molecule has 156 valence electrons. The number of carbonyl (C=O) groups excluding carboxylic acids is 2. The van der Waals surface area contributed by atoms with Crippen LogP contribution < -0.4 is 4.90 Å². The van der Waals surface area contributed by atoms with Gasteiger partial charge in [0.25, 0.3) is 0 Å². The highest BCUT2D eigenvalue weighted by molar-refractivity contribution is 6.21. The predicted molar refractivity (Wildman–Crippen MR) is 118 cm³/mol. The Bertz CT molecular complexity index is 1300. The number of fused-ring (bicyclic) bond motifs is 4. The summed E-state index contributed by atoms with van der Waals surface area (Å²) >= 11 is 0. The van der Waals surface area contributed by atoms with Crippen LogP contribution in [0, 0.1) is 11.3 Å². The summed E-state index contributed by atoms with van der Waals surface area (Å²) in [7, 11) is 0. The van der Waals surface area contributed by atoms with Crippen molar-refractivity contribution in [2.45, 2.75) is 26.2 Å². The number of morpholine rings is 1. The molecule has 0 radical (unpaired) electrons. The van der Waals surface area contributed by atoms with Gasteiger partial charge in [-0.25, -0.2) is 0 Å². The fraction of sp³-hybridized carbons (Fsp3) is 0.320. The van der Waals surface area contributed by atoms with Crippen LogP contribution in [0.3, 0.4) is 0 Å². The van der Waals surface area contributed by atoms with Crippen LogP contribution in [0.1, 0.15) is 63.9 Å². The maximum atomic E-state index is 13.7. The molecule has 5 rings (SSSR count). The van der Waals surface area contributed by atoms with E-state index in [0.717, 1.165) is 27.8 Å². The minimum absolute atomic E-state index is 0.0571. The Balaban J connectivity index is 1.76. The molecule has 6 heteroatoms. The monoisotopic (exact) mass is 413 g/mol. The zero-order chi connectivity index (χ0) is 21.9. The zero-order valence-electron chi connectivity index (χ0n) is 17.8. The van der Waals surface area contributed by atoms with Gasteiger partial charge in [-0.3, -0.25) is 9.59 Å². The van der Waals surface area contributed by atoms with Crippen molar-refractivity contribution in [3.63, 3.8) is 0 Å². The number of rotatable bonds is 2. The van der Waals surface area contributed by atoms with E-state index in [1.165, 1.54) is 0 Å². The van der Waals surface area contributed by atoms with Crippen LogP contribution in [-0.4, -0.2) is 42.9 Å². The molecule has 2 aromatic carbocycles. The quantitative estimate of drug-likeness (QED) is 0.643. The first-order valence-electron chi connectivity index (χ1n) is 10.5. The summed E-state index contributed by atoms with van der Waals surface area (Å²) in [5.41, 5.74) is 5.24. The van der Waals surface area contributed by atoms with Crippen molar-refractivity contribution in [2.24, 2.45) is 0 Å². The van der Waals surface area contributed by atoms with Gasteiger partial charge in [-0.2, -0.15) is 5.26 Å². The molecular formula is C25H23N3O3. The van der Waals surface area contributed by atoms with Gasteiger partial charge in [0.05, 0.1) is 30.4 Å². The molecule has 0 amide bonds. The molecule has 31 heavy (non-hydrogen) atoms. The van der Waals surface area contributed by atoms with E-state index in [4.69, 9.17) is 4.74 Å². The van der Waals surface area contributed by atoms with E-state index >= 15 is 0 Å². The van der Waals surface area contributed by atoms with E-state index in [-0.39, 0.29) is 11.6 Å². The highest BCUT2D eigenvalue weighted by atomic mass is 16.5. The molecule has 3 aromatic rings. The van der Waals surface area contributed by atoms with Crippen molar-refractivity contribution in [2.75, 3.05) is 31.2 Å². The minimum atomic E-state index is -0.471. The molecule has 1 aliphatic carbocycles. The first-order chi connectivity index (χ1) is 14.8. The molecular weight excluding hydrogens is 390 g/mol. The van der Waals surface area contributed by atoms with Gasteiger partial charge in [0.1, 0.15) is 0 Å². The number of ether oxygens (including phenoxy) is 1. The standard InChI is InChI=1S/C25H23N3O3/c1-14(29)17-11-18-19(12-21(17)28-6-8-31-9-7-28)25(2,3)24-22(23(18)30)16-5-4-15(13-26)10-20(16)27-24/h4-5,10-12,27H,6-9H2,1-3H3. The third-order valence-corrected chi connectivity index (χ3v) is 6.56. The summed E-state index contributed by atoms with van der Waals surface area (Å²) < 4.78 is 5.48. The second kappa shape index (κ2) is 6.79. The minimum Gasteiger partial charge on any atom is -0.378 e. The Morgan fingerprint density at radius 2 is 1.94 bits per heavy atom. The van der Waals surface area contributed by atoms with Gasteiger partial charge in [0.2, 0.25) is 0 Å². The maximum Gasteiger partial charge on any atom is 0.195 e. The van der Waals surface area contributed by atoms with Crippen molar-refractivity contribution in [3.05, 3.63) is 63.8 Å². The molecule has 0 spiro atoms. The van der Waals surface area contributed by atoms with E-state index < -0.39 is 5.41 Å². The fourth-order valence-corrected chi connectivity index (χ4v) is 4.88. The number of benzene rings is 2. The molecule has 2 aliphatic rings. The van der Waals surface area contributed by atoms with Gasteiger partial charge in [-0.15, -0.1) is 0 Å². The molecule has 1 saturated heterocycles. The number of Topliss-reactive ketones (excluding diaryl/α,β-unsaturated/α-hetero) is 1. The van der Waals surface area contributed by atoms with E-state index in [9.17, 15) is 14.9 Å². The lowest BCUT2D eigenvalue weighted by atomic mass is 9.70. The van der Waals surface area contributed by atoms with Gasteiger partial charge in [0, 0.05) is 51.9 Å². The lowest BCUT2D eigenvalue weighted by Crippen LogP contribution is -2.38. The summed E-state index contributed by atoms with van der Waals surface area (Å²) in [5.74, 6) is -0.144. The van der Waals surface area contributed by atoms with Gasteiger partial charge in [-0.05, 0) is 36.8 Å². The number of anilines is 1. The number of hydrogen-bond donors (Lipinski definition) is 1. The molecule has 0 bridgehead atoms. The third kappa shape index (κ3) is 2.81. The van der Waals surface area contributed by atoms with Gasteiger partial charge in [0.15, 0.2) is 11.6 Å². The molecule has 1 N–H and O–H groups in total. The van der Waals surface area contributed by atoms with Crippen molar-refractivity contribution in [1.29, 1.82) is 5.26 Å². The number of nitrogens with one attached hydrogen (secondary N) is 1. The SMILES string of the molecule is CC(=O)c1cc2c(cc1N1CCOCC1)C(C)(C)c1[nH]c3cc(C#N)ccc3c1C2=O. The number of ketones is 2. The Morgan fingerprint density at radius 3 is 2.61 bits per heavy atom. The second-order valence-electron chi connectivity index (χ2n) is 8.77. The predicted octanol–water partition coefficient (Wildman–Crippen LogP) is 3.95. The highest BCUT2D eigenvalue weighted by Crippen LogP contribution is 2.45. The van der Waals surface area contributed by atoms with E-state index in [2.05, 4.69) is 29.8 Å². The largest absolute Gasteiger partial charge is 0.378 e. The number of aromatic nitrogens is 1. The van der Waals surface area contributed by atoms with Crippen LogP contribution in [0.5, 0.6) is 0 Å². The van der Waals surface area contributed by atoms with Crippen LogP contribution in [0.2, 0.25) is 0 Å². The lowest BCUT2D eigenvalue weighted by molar-refractivity contribution is 0.101. The maximum absolute atomic E-state index is 13.7. The van der Waals surface area contributed by atoms with E-state index in [1.54, 1.807) is 25.1 Å². The van der Waals surface area contributed by atoms with Crippen molar-refractivity contribution in [1.82, 2.24) is 4.98 Å². The summed E-state index contributed by atoms with van der Waals surface area (Å²) in [6.45, 7) is 8.38. The summed E-state index contributed by atoms with van der Waals surface area (Å²) in [6.07, 6.45) is 0. The number of hydrogen-bond acceptors (Lipinski definition) is 5. The number of nitriles is 1. The molecule has 0 saturated carbocycles. The molecule has 0 atom stereocenters. The molecule has 0 unspecified atom stereocenters. The van der Waals surface area contributed by atoms with Crippen molar-refractivity contribution in [3.8, 4) is 6.07 Å². The Labute approximate surface area is 180 Å². The summed E-state index contributed by atoms with van der Waals surface area (Å²) in [4.78, 5) is 31.8. The van der Waals surface area contributed by atoms with Gasteiger partial charge < -0.3 is 14.6 Å². The molecule has 6 nitrogen and oxygen atoms in total. The van der Waals surface area contributed by atoms with Crippen LogP contribution in [-0.2, 0) is 10.2 Å². The summed E-state index contributed by atoms with van der Waals surface area (Å²) in [6, 6.07) is 11.3. The van der Waals surface area contributed by atoms with Crippen LogP contribution in [0.4, 0.5) is 5.69 Å². The molecule has 2 heterocycles. The van der Waals surface area contributed by atoms with Gasteiger partial charge in [-0.1, -0.05) is 19.9 Å². The Hall–Kier alpha value is -3.43. The number of H-pyrrole nitrogens is 1. The third-order valence-electron chi connectivity index (χ3n) is 6.56. The zero-order valence-corrected chi connectivity index (χ0v) is 17.8.